The number of pyridine rings is 2. The normalized spacial score (nSPS) is 11.9. The van der Waals surface area contributed by atoms with Gasteiger partial charge in [-0.15, -0.1) is 0 Å². The number of nitrogens with zero attached hydrogens (tertiary/aromatic N) is 4. The lowest BCUT2D eigenvalue weighted by Crippen LogP contribution is -2.18. The molecule has 27 heavy (non-hydrogen) atoms. The molecule has 0 aliphatic rings. The van der Waals surface area contributed by atoms with Gasteiger partial charge < -0.3 is 4.57 Å². The van der Waals surface area contributed by atoms with Gasteiger partial charge in [-0.05, 0) is 45.9 Å². The predicted molar refractivity (Wildman–Crippen MR) is 104 cm³/mol. The van der Waals surface area contributed by atoms with Crippen molar-refractivity contribution in [2.75, 3.05) is 0 Å². The van der Waals surface area contributed by atoms with Crippen LogP contribution in [0.3, 0.4) is 0 Å². The van der Waals surface area contributed by atoms with E-state index in [-0.39, 0.29) is 10.6 Å². The molecule has 0 amide bonds. The van der Waals surface area contributed by atoms with E-state index in [9.17, 15) is 13.2 Å². The van der Waals surface area contributed by atoms with Gasteiger partial charge in [0, 0.05) is 41.8 Å². The van der Waals surface area contributed by atoms with Crippen molar-refractivity contribution in [1.82, 2.24) is 19.3 Å². The molecule has 0 aromatic carbocycles. The van der Waals surface area contributed by atoms with Gasteiger partial charge in [-0.1, -0.05) is 0 Å². The molecular weight excluding hydrogens is 364 g/mol. The molecule has 0 atom stereocenters. The fraction of sp³-hybridized carbons (Fsp3) is 0.316. The Hall–Kier alpha value is -2.74. The van der Waals surface area contributed by atoms with Crippen LogP contribution in [0.4, 0.5) is 0 Å². The molecule has 0 aliphatic heterocycles. The Bertz CT molecular complexity index is 1140. The van der Waals surface area contributed by atoms with E-state index in [0.717, 1.165) is 16.8 Å². The smallest absolute Gasteiger partial charge is 0.250 e. The first kappa shape index (κ1) is 19.0. The van der Waals surface area contributed by atoms with Crippen LogP contribution in [0.25, 0.3) is 16.8 Å². The van der Waals surface area contributed by atoms with E-state index >= 15 is 0 Å². The minimum Gasteiger partial charge on any atom is -0.314 e. The third-order valence-electron chi connectivity index (χ3n) is 4.44. The molecule has 0 bridgehead atoms. The van der Waals surface area contributed by atoms with Crippen LogP contribution >= 0.6 is 0 Å². The summed E-state index contributed by atoms with van der Waals surface area (Å²) in [7, 11) is -3.41. The molecule has 0 saturated heterocycles. The summed E-state index contributed by atoms with van der Waals surface area (Å²) >= 11 is 0. The molecule has 8 heteroatoms. The maximum atomic E-state index is 12.3. The van der Waals surface area contributed by atoms with E-state index in [0.29, 0.717) is 12.2 Å². The predicted octanol–water partition coefficient (Wildman–Crippen LogP) is 2.61. The molecule has 0 spiro atoms. The fourth-order valence-corrected chi connectivity index (χ4v) is 3.75. The van der Waals surface area contributed by atoms with Crippen molar-refractivity contribution >= 4 is 9.84 Å². The zero-order valence-electron chi connectivity index (χ0n) is 15.7. The lowest BCUT2D eigenvalue weighted by molar-refractivity contribution is 0.583. The van der Waals surface area contributed by atoms with Crippen molar-refractivity contribution < 1.29 is 8.42 Å². The largest absolute Gasteiger partial charge is 0.314 e. The van der Waals surface area contributed by atoms with Gasteiger partial charge in [0.1, 0.15) is 0 Å². The van der Waals surface area contributed by atoms with E-state index in [1.165, 1.54) is 12.1 Å². The van der Waals surface area contributed by atoms with Crippen molar-refractivity contribution in [2.24, 2.45) is 0 Å². The molecule has 0 fully saturated rings. The molecule has 3 heterocycles. The zero-order chi connectivity index (χ0) is 19.8. The monoisotopic (exact) mass is 386 g/mol. The molecule has 142 valence electrons. The summed E-state index contributed by atoms with van der Waals surface area (Å²) in [5, 5.41) is 3.93. The highest BCUT2D eigenvalue weighted by atomic mass is 32.2. The Morgan fingerprint density at radius 3 is 2.48 bits per heavy atom. The van der Waals surface area contributed by atoms with Gasteiger partial charge in [0.2, 0.25) is 0 Å². The van der Waals surface area contributed by atoms with E-state index in [1.54, 1.807) is 54.5 Å². The Morgan fingerprint density at radius 1 is 1.11 bits per heavy atom. The molecular formula is C19H22N4O3S. The highest BCUT2D eigenvalue weighted by Crippen LogP contribution is 2.25. The number of sulfone groups is 1. The molecule has 0 aliphatic carbocycles. The lowest BCUT2D eigenvalue weighted by atomic mass is 10.1. The van der Waals surface area contributed by atoms with Crippen LogP contribution in [-0.4, -0.2) is 33.0 Å². The molecule has 3 rings (SSSR count). The van der Waals surface area contributed by atoms with Gasteiger partial charge in [0.15, 0.2) is 14.9 Å². The summed E-state index contributed by atoms with van der Waals surface area (Å²) < 4.78 is 27.9. The maximum Gasteiger partial charge on any atom is 0.250 e. The van der Waals surface area contributed by atoms with E-state index in [1.807, 2.05) is 13.1 Å². The topological polar surface area (TPSA) is 86.8 Å². The van der Waals surface area contributed by atoms with Crippen molar-refractivity contribution in [1.29, 1.82) is 0 Å². The third-order valence-corrected chi connectivity index (χ3v) is 6.49. The fourth-order valence-electron chi connectivity index (χ4n) is 2.75. The number of hydrogen-bond acceptors (Lipinski definition) is 5. The van der Waals surface area contributed by atoms with Crippen LogP contribution in [0.5, 0.6) is 0 Å². The minimum absolute atomic E-state index is 0.0596. The van der Waals surface area contributed by atoms with Crippen LogP contribution < -0.4 is 5.56 Å². The van der Waals surface area contributed by atoms with Gasteiger partial charge in [-0.3, -0.25) is 4.79 Å². The molecule has 0 radical (unpaired) electrons. The molecule has 7 nitrogen and oxygen atoms in total. The summed E-state index contributed by atoms with van der Waals surface area (Å²) in [6.07, 6.45) is 5.28. The van der Waals surface area contributed by atoms with Gasteiger partial charge in [0.05, 0.1) is 17.1 Å². The van der Waals surface area contributed by atoms with Gasteiger partial charge >= 0.3 is 0 Å². The first-order valence-electron chi connectivity index (χ1n) is 8.71. The zero-order valence-corrected chi connectivity index (χ0v) is 16.6. The van der Waals surface area contributed by atoms with Crippen LogP contribution in [0, 0.1) is 6.92 Å². The molecule has 0 saturated carbocycles. The van der Waals surface area contributed by atoms with E-state index < -0.39 is 15.1 Å². The second-order valence-electron chi connectivity index (χ2n) is 6.56. The molecule has 0 unspecified atom stereocenters. The highest BCUT2D eigenvalue weighted by Gasteiger charge is 2.21. The van der Waals surface area contributed by atoms with Gasteiger partial charge in [-0.2, -0.15) is 5.10 Å². The van der Waals surface area contributed by atoms with Crippen LogP contribution in [0.2, 0.25) is 0 Å². The Kier molecular flexibility index (Phi) is 5.01. The average Bonchev–Trinajstić information content (AvgIpc) is 3.11. The minimum atomic E-state index is -3.41. The summed E-state index contributed by atoms with van der Waals surface area (Å²) in [4.78, 5) is 16.0. The quantitative estimate of drug-likeness (QED) is 0.673. The van der Waals surface area contributed by atoms with Crippen molar-refractivity contribution in [3.63, 3.8) is 0 Å². The summed E-state index contributed by atoms with van der Waals surface area (Å²) in [6.45, 7) is 7.54. The van der Waals surface area contributed by atoms with Gasteiger partial charge in [0.25, 0.3) is 5.56 Å². The number of hydrogen-bond donors (Lipinski definition) is 0. The Morgan fingerprint density at radius 2 is 1.85 bits per heavy atom. The summed E-state index contributed by atoms with van der Waals surface area (Å²) in [5.41, 5.74) is 2.97. The van der Waals surface area contributed by atoms with Crippen molar-refractivity contribution in [3.05, 3.63) is 58.9 Å². The van der Waals surface area contributed by atoms with Crippen LogP contribution in [-0.2, 0) is 16.4 Å². The SMILES string of the molecule is CCn1cc(-n2cc(-c3ccc(S(=O)(=O)C(C)C)nc3C)cn2)ccc1=O. The van der Waals surface area contributed by atoms with E-state index in [2.05, 4.69) is 10.1 Å². The Labute approximate surface area is 158 Å². The maximum absolute atomic E-state index is 12.3. The number of aryl methyl sites for hydroxylation is 2. The second-order valence-corrected chi connectivity index (χ2v) is 9.01. The average molecular weight is 386 g/mol. The van der Waals surface area contributed by atoms with Crippen LogP contribution in [0.15, 0.2) is 52.7 Å². The second kappa shape index (κ2) is 7.11. The van der Waals surface area contributed by atoms with Crippen LogP contribution in [0.1, 0.15) is 26.5 Å². The third kappa shape index (κ3) is 3.57. The Balaban J connectivity index is 1.99. The van der Waals surface area contributed by atoms with Crippen molar-refractivity contribution in [3.8, 4) is 16.8 Å². The number of aromatic nitrogens is 4. The highest BCUT2D eigenvalue weighted by molar-refractivity contribution is 7.91. The first-order valence-corrected chi connectivity index (χ1v) is 10.3. The molecule has 3 aromatic heterocycles. The first-order chi connectivity index (χ1) is 12.7. The van der Waals surface area contributed by atoms with Gasteiger partial charge in [-0.25, -0.2) is 18.1 Å². The van der Waals surface area contributed by atoms with Crippen molar-refractivity contribution in [2.45, 2.75) is 44.5 Å². The lowest BCUT2D eigenvalue weighted by Gasteiger charge is -2.09. The molecule has 3 aromatic rings. The summed E-state index contributed by atoms with van der Waals surface area (Å²) in [6, 6.07) is 6.52. The standard InChI is InChI=1S/C19H22N4O3S/c1-5-22-12-16(6-9-19(22)24)23-11-15(10-20-23)17-7-8-18(21-14(17)4)27(25,26)13(2)3/h6-13H,5H2,1-4H3. The summed E-state index contributed by atoms with van der Waals surface area (Å²) in [5.74, 6) is 0. The molecule has 0 N–H and O–H groups in total. The number of rotatable bonds is 5. The van der Waals surface area contributed by atoms with E-state index in [4.69, 9.17) is 0 Å².